The van der Waals surface area contributed by atoms with Crippen LogP contribution in [0.25, 0.3) is 22.2 Å². The standard InChI is InChI=1S/C18H19N3O2.C2H6/c1-11-7-8-19-18(23-4)17(11)16-9-13-5-6-14(10-15(13)20-16)21(3)12(2)22;1-2/h5-10,20H,1-4H3;1-2H3. The Morgan fingerprint density at radius 1 is 1.20 bits per heavy atom. The predicted molar refractivity (Wildman–Crippen MR) is 103 cm³/mol. The van der Waals surface area contributed by atoms with E-state index in [1.807, 2.05) is 45.0 Å². The van der Waals surface area contributed by atoms with Crippen LogP contribution in [0.1, 0.15) is 26.3 Å². The Morgan fingerprint density at radius 3 is 2.56 bits per heavy atom. The average Bonchev–Trinajstić information content (AvgIpc) is 3.04. The summed E-state index contributed by atoms with van der Waals surface area (Å²) in [7, 11) is 3.38. The molecule has 0 atom stereocenters. The maximum absolute atomic E-state index is 11.5. The summed E-state index contributed by atoms with van der Waals surface area (Å²) in [4.78, 5) is 20.8. The van der Waals surface area contributed by atoms with Crippen molar-refractivity contribution >= 4 is 22.5 Å². The molecule has 0 bridgehead atoms. The van der Waals surface area contributed by atoms with E-state index in [2.05, 4.69) is 16.0 Å². The molecule has 25 heavy (non-hydrogen) atoms. The van der Waals surface area contributed by atoms with Crippen LogP contribution in [0, 0.1) is 6.92 Å². The number of aromatic nitrogens is 2. The van der Waals surface area contributed by atoms with Gasteiger partial charge in [-0.2, -0.15) is 0 Å². The summed E-state index contributed by atoms with van der Waals surface area (Å²) in [5.74, 6) is 0.596. The minimum atomic E-state index is 0.000836. The molecule has 1 aromatic carbocycles. The molecule has 5 nitrogen and oxygen atoms in total. The summed E-state index contributed by atoms with van der Waals surface area (Å²) < 4.78 is 5.39. The van der Waals surface area contributed by atoms with Gasteiger partial charge in [-0.25, -0.2) is 4.98 Å². The highest BCUT2D eigenvalue weighted by Crippen LogP contribution is 2.33. The Kier molecular flexibility index (Phi) is 5.80. The van der Waals surface area contributed by atoms with Gasteiger partial charge in [0.1, 0.15) is 0 Å². The molecular weight excluding hydrogens is 314 g/mol. The van der Waals surface area contributed by atoms with Gasteiger partial charge in [-0.1, -0.05) is 19.9 Å². The molecule has 0 aliphatic rings. The first kappa shape index (κ1) is 18.5. The van der Waals surface area contributed by atoms with Crippen LogP contribution < -0.4 is 9.64 Å². The average molecular weight is 339 g/mol. The normalized spacial score (nSPS) is 10.2. The third-order valence-electron chi connectivity index (χ3n) is 4.05. The van der Waals surface area contributed by atoms with Crippen LogP contribution in [0.15, 0.2) is 36.5 Å². The van der Waals surface area contributed by atoms with Gasteiger partial charge in [0, 0.05) is 36.8 Å². The zero-order chi connectivity index (χ0) is 18.6. The summed E-state index contributed by atoms with van der Waals surface area (Å²) in [6.07, 6.45) is 1.74. The number of carbonyl (C=O) groups excluding carboxylic acids is 1. The molecule has 0 saturated carbocycles. The Hall–Kier alpha value is -2.82. The molecule has 0 fully saturated rings. The molecule has 2 heterocycles. The Balaban J connectivity index is 0.00000109. The maximum Gasteiger partial charge on any atom is 0.223 e. The molecule has 1 N–H and O–H groups in total. The van der Waals surface area contributed by atoms with Gasteiger partial charge in [0.05, 0.1) is 18.4 Å². The zero-order valence-electron chi connectivity index (χ0n) is 15.7. The number of pyridine rings is 1. The van der Waals surface area contributed by atoms with Gasteiger partial charge in [-0.3, -0.25) is 4.79 Å². The molecule has 3 aromatic rings. The summed E-state index contributed by atoms with van der Waals surface area (Å²) in [5.41, 5.74) is 4.81. The van der Waals surface area contributed by atoms with E-state index in [4.69, 9.17) is 4.74 Å². The van der Waals surface area contributed by atoms with Crippen molar-refractivity contribution in [2.45, 2.75) is 27.7 Å². The third kappa shape index (κ3) is 3.65. The van der Waals surface area contributed by atoms with Crippen LogP contribution in [0.2, 0.25) is 0 Å². The summed E-state index contributed by atoms with van der Waals surface area (Å²) in [6, 6.07) is 9.94. The summed E-state index contributed by atoms with van der Waals surface area (Å²) in [5, 5.41) is 1.08. The number of carbonyl (C=O) groups is 1. The molecule has 0 saturated heterocycles. The molecule has 0 unspecified atom stereocenters. The first-order valence-corrected chi connectivity index (χ1v) is 8.38. The van der Waals surface area contributed by atoms with Gasteiger partial charge in [0.25, 0.3) is 0 Å². The lowest BCUT2D eigenvalue weighted by Crippen LogP contribution is -2.22. The second-order valence-corrected chi connectivity index (χ2v) is 5.54. The predicted octanol–water partition coefficient (Wildman–Crippen LogP) is 4.56. The summed E-state index contributed by atoms with van der Waals surface area (Å²) in [6.45, 7) is 7.58. The number of rotatable bonds is 3. The van der Waals surface area contributed by atoms with Crippen LogP contribution in [-0.4, -0.2) is 30.0 Å². The second kappa shape index (κ2) is 7.83. The third-order valence-corrected chi connectivity index (χ3v) is 4.05. The minimum absolute atomic E-state index is 0.000836. The van der Waals surface area contributed by atoms with Gasteiger partial charge in [-0.15, -0.1) is 0 Å². The highest BCUT2D eigenvalue weighted by Gasteiger charge is 2.14. The topological polar surface area (TPSA) is 58.2 Å². The van der Waals surface area contributed by atoms with E-state index in [0.717, 1.165) is 33.4 Å². The molecular formula is C20H25N3O2. The Labute approximate surface area is 148 Å². The lowest BCUT2D eigenvalue weighted by Gasteiger charge is -2.14. The number of nitrogens with zero attached hydrogens (tertiary/aromatic N) is 2. The van der Waals surface area contributed by atoms with Gasteiger partial charge in [0.2, 0.25) is 11.8 Å². The van der Waals surface area contributed by atoms with Gasteiger partial charge in [-0.05, 0) is 36.8 Å². The fraction of sp³-hybridized carbons (Fsp3) is 0.300. The number of nitrogens with one attached hydrogen (secondary N) is 1. The van der Waals surface area contributed by atoms with Crippen molar-refractivity contribution in [2.75, 3.05) is 19.1 Å². The smallest absolute Gasteiger partial charge is 0.223 e. The van der Waals surface area contributed by atoms with Crippen molar-refractivity contribution in [1.82, 2.24) is 9.97 Å². The van der Waals surface area contributed by atoms with Crippen LogP contribution in [0.3, 0.4) is 0 Å². The van der Waals surface area contributed by atoms with Crippen molar-refractivity contribution in [3.63, 3.8) is 0 Å². The molecule has 0 spiro atoms. The number of anilines is 1. The number of hydrogen-bond donors (Lipinski definition) is 1. The molecule has 3 rings (SSSR count). The number of H-pyrrole nitrogens is 1. The Bertz CT molecular complexity index is 884. The number of ether oxygens (including phenoxy) is 1. The molecule has 0 radical (unpaired) electrons. The van der Waals surface area contributed by atoms with E-state index in [1.54, 1.807) is 32.2 Å². The minimum Gasteiger partial charge on any atom is -0.480 e. The first-order valence-electron chi connectivity index (χ1n) is 8.38. The van der Waals surface area contributed by atoms with E-state index in [1.165, 1.54) is 0 Å². The van der Waals surface area contributed by atoms with Gasteiger partial charge < -0.3 is 14.6 Å². The maximum atomic E-state index is 11.5. The monoisotopic (exact) mass is 339 g/mol. The highest BCUT2D eigenvalue weighted by molar-refractivity contribution is 5.95. The van der Waals surface area contributed by atoms with E-state index >= 15 is 0 Å². The zero-order valence-corrected chi connectivity index (χ0v) is 15.7. The number of aromatic amines is 1. The van der Waals surface area contributed by atoms with E-state index in [0.29, 0.717) is 5.88 Å². The van der Waals surface area contributed by atoms with Crippen molar-refractivity contribution in [2.24, 2.45) is 0 Å². The summed E-state index contributed by atoms with van der Waals surface area (Å²) >= 11 is 0. The van der Waals surface area contributed by atoms with E-state index in [-0.39, 0.29) is 5.91 Å². The van der Waals surface area contributed by atoms with Crippen LogP contribution >= 0.6 is 0 Å². The lowest BCUT2D eigenvalue weighted by molar-refractivity contribution is -0.116. The number of methoxy groups -OCH3 is 1. The molecule has 0 aliphatic carbocycles. The van der Waals surface area contributed by atoms with Crippen molar-refractivity contribution in [3.8, 4) is 17.1 Å². The van der Waals surface area contributed by atoms with Crippen molar-refractivity contribution in [3.05, 3.63) is 42.1 Å². The van der Waals surface area contributed by atoms with E-state index < -0.39 is 0 Å². The number of benzene rings is 1. The lowest BCUT2D eigenvalue weighted by atomic mass is 10.1. The fourth-order valence-electron chi connectivity index (χ4n) is 2.66. The Morgan fingerprint density at radius 2 is 1.92 bits per heavy atom. The van der Waals surface area contributed by atoms with Crippen molar-refractivity contribution in [1.29, 1.82) is 0 Å². The molecule has 5 heteroatoms. The number of amides is 1. The largest absolute Gasteiger partial charge is 0.480 e. The highest BCUT2D eigenvalue weighted by atomic mass is 16.5. The SMILES string of the molecule is CC.COc1nccc(C)c1-c1cc2ccc(N(C)C(C)=O)cc2[nH]1. The van der Waals surface area contributed by atoms with Crippen LogP contribution in [0.5, 0.6) is 5.88 Å². The van der Waals surface area contributed by atoms with E-state index in [9.17, 15) is 4.79 Å². The first-order chi connectivity index (χ1) is 12.0. The molecule has 1 amide bonds. The van der Waals surface area contributed by atoms with Crippen LogP contribution in [0.4, 0.5) is 5.69 Å². The van der Waals surface area contributed by atoms with Gasteiger partial charge >= 0.3 is 0 Å². The quantitative estimate of drug-likeness (QED) is 0.761. The fourth-order valence-corrected chi connectivity index (χ4v) is 2.66. The van der Waals surface area contributed by atoms with Crippen molar-refractivity contribution < 1.29 is 9.53 Å². The second-order valence-electron chi connectivity index (χ2n) is 5.54. The molecule has 2 aromatic heterocycles. The molecule has 0 aliphatic heterocycles. The number of fused-ring (bicyclic) bond motifs is 1. The van der Waals surface area contributed by atoms with Crippen LogP contribution in [-0.2, 0) is 4.79 Å². The number of aryl methyl sites for hydroxylation is 1. The van der Waals surface area contributed by atoms with Gasteiger partial charge in [0.15, 0.2) is 0 Å². The molecule has 132 valence electrons. The number of hydrogen-bond acceptors (Lipinski definition) is 3.